The van der Waals surface area contributed by atoms with E-state index >= 15 is 0 Å². The van der Waals surface area contributed by atoms with Crippen LogP contribution in [0.25, 0.3) is 0 Å². The van der Waals surface area contributed by atoms with Crippen LogP contribution in [0.4, 0.5) is 16.2 Å². The van der Waals surface area contributed by atoms with Crippen molar-refractivity contribution in [1.29, 1.82) is 0 Å². The van der Waals surface area contributed by atoms with Crippen molar-refractivity contribution in [2.45, 2.75) is 32.3 Å². The maximum atomic E-state index is 11.9. The van der Waals surface area contributed by atoms with Crippen LogP contribution in [0.5, 0.6) is 0 Å². The van der Waals surface area contributed by atoms with E-state index in [-0.39, 0.29) is 17.3 Å². The van der Waals surface area contributed by atoms with Gasteiger partial charge in [-0.1, -0.05) is 0 Å². The topological polar surface area (TPSA) is 93.5 Å². The molecule has 0 saturated carbocycles. The summed E-state index contributed by atoms with van der Waals surface area (Å²) in [4.78, 5) is 22.1. The summed E-state index contributed by atoms with van der Waals surface area (Å²) in [6.07, 6.45) is 1.92. The van der Waals surface area contributed by atoms with Crippen molar-refractivity contribution in [2.75, 3.05) is 18.5 Å². The van der Waals surface area contributed by atoms with Gasteiger partial charge in [-0.25, -0.2) is 4.79 Å². The Morgan fingerprint density at radius 1 is 1.52 bits per heavy atom. The predicted octanol–water partition coefficient (Wildman–Crippen LogP) is 2.59. The van der Waals surface area contributed by atoms with Crippen LogP contribution in [0.3, 0.4) is 0 Å². The van der Waals surface area contributed by atoms with Crippen LogP contribution in [0.15, 0.2) is 18.2 Å². The van der Waals surface area contributed by atoms with Gasteiger partial charge >= 0.3 is 6.03 Å². The molecule has 1 heterocycles. The lowest BCUT2D eigenvalue weighted by Crippen LogP contribution is -2.41. The van der Waals surface area contributed by atoms with Crippen LogP contribution >= 0.6 is 0 Å². The minimum atomic E-state index is -0.463. The number of hydrogen-bond donors (Lipinski definition) is 2. The summed E-state index contributed by atoms with van der Waals surface area (Å²) in [6, 6.07) is 3.98. The minimum Gasteiger partial charge on any atom is -0.373 e. The highest BCUT2D eigenvalue weighted by Gasteiger charge is 2.30. The summed E-state index contributed by atoms with van der Waals surface area (Å²) in [5.41, 5.74) is 0.894. The number of rotatable bonds is 4. The second kappa shape index (κ2) is 6.09. The average Bonchev–Trinajstić information content (AvgIpc) is 2.86. The number of ether oxygens (including phenoxy) is 1. The smallest absolute Gasteiger partial charge is 0.319 e. The Kier molecular flexibility index (Phi) is 4.42. The molecule has 0 unspecified atom stereocenters. The van der Waals surface area contributed by atoms with E-state index in [0.717, 1.165) is 19.4 Å². The fourth-order valence-corrected chi connectivity index (χ4v) is 2.31. The molecule has 2 amide bonds. The summed E-state index contributed by atoms with van der Waals surface area (Å²) < 4.78 is 5.59. The van der Waals surface area contributed by atoms with Gasteiger partial charge in [0, 0.05) is 31.0 Å². The maximum absolute atomic E-state index is 11.9. The molecule has 0 bridgehead atoms. The van der Waals surface area contributed by atoms with Crippen LogP contribution in [0.2, 0.25) is 0 Å². The third-order valence-electron chi connectivity index (χ3n) is 3.59. The number of nitro groups is 1. The molecule has 2 N–H and O–H groups in total. The predicted molar refractivity (Wildman–Crippen MR) is 78.4 cm³/mol. The Balaban J connectivity index is 1.92. The van der Waals surface area contributed by atoms with Gasteiger partial charge in [-0.15, -0.1) is 0 Å². The summed E-state index contributed by atoms with van der Waals surface area (Å²) in [5.74, 6) is 0. The lowest BCUT2D eigenvalue weighted by molar-refractivity contribution is -0.384. The normalized spacial score (nSPS) is 21.0. The zero-order valence-electron chi connectivity index (χ0n) is 12.1. The molecule has 1 aliphatic heterocycles. The summed E-state index contributed by atoms with van der Waals surface area (Å²) >= 11 is 0. The molecule has 1 aromatic rings. The number of hydrogen-bond acceptors (Lipinski definition) is 4. The lowest BCUT2D eigenvalue weighted by Gasteiger charge is -2.23. The van der Waals surface area contributed by atoms with Gasteiger partial charge < -0.3 is 15.4 Å². The number of carbonyl (C=O) groups excluding carboxylic acids is 1. The molecular formula is C14H19N3O4. The monoisotopic (exact) mass is 293 g/mol. The van der Waals surface area contributed by atoms with E-state index in [1.807, 2.05) is 6.92 Å². The van der Waals surface area contributed by atoms with Crippen molar-refractivity contribution in [2.24, 2.45) is 0 Å². The van der Waals surface area contributed by atoms with Crippen molar-refractivity contribution in [3.05, 3.63) is 33.9 Å². The van der Waals surface area contributed by atoms with Crippen LogP contribution < -0.4 is 10.6 Å². The molecule has 0 aromatic heterocycles. The number of nitrogens with one attached hydrogen (secondary N) is 2. The second-order valence-corrected chi connectivity index (χ2v) is 5.47. The Labute approximate surface area is 122 Å². The molecule has 0 spiro atoms. The van der Waals surface area contributed by atoms with Crippen LogP contribution in [-0.4, -0.2) is 29.7 Å². The number of anilines is 1. The Hall–Kier alpha value is -2.15. The van der Waals surface area contributed by atoms with Crippen molar-refractivity contribution < 1.29 is 14.5 Å². The van der Waals surface area contributed by atoms with E-state index in [1.165, 1.54) is 18.2 Å². The van der Waals surface area contributed by atoms with E-state index < -0.39 is 4.92 Å². The minimum absolute atomic E-state index is 0.00493. The highest BCUT2D eigenvalue weighted by Crippen LogP contribution is 2.24. The van der Waals surface area contributed by atoms with Gasteiger partial charge in [-0.2, -0.15) is 0 Å². The molecule has 7 heteroatoms. The van der Waals surface area contributed by atoms with Gasteiger partial charge in [-0.05, 0) is 38.3 Å². The molecule has 1 saturated heterocycles. The van der Waals surface area contributed by atoms with Gasteiger partial charge in [0.25, 0.3) is 5.69 Å². The first kappa shape index (κ1) is 15.2. The van der Waals surface area contributed by atoms with Crippen LogP contribution in [0.1, 0.15) is 25.3 Å². The number of amides is 2. The third kappa shape index (κ3) is 3.91. The van der Waals surface area contributed by atoms with Crippen molar-refractivity contribution in [3.8, 4) is 0 Å². The van der Waals surface area contributed by atoms with E-state index in [1.54, 1.807) is 6.92 Å². The summed E-state index contributed by atoms with van der Waals surface area (Å²) in [6.45, 7) is 4.84. The average molecular weight is 293 g/mol. The molecule has 1 aromatic carbocycles. The number of benzene rings is 1. The molecular weight excluding hydrogens is 274 g/mol. The van der Waals surface area contributed by atoms with E-state index in [4.69, 9.17) is 4.74 Å². The van der Waals surface area contributed by atoms with Gasteiger partial charge in [0.15, 0.2) is 0 Å². The Morgan fingerprint density at radius 3 is 2.86 bits per heavy atom. The molecule has 21 heavy (non-hydrogen) atoms. The first-order chi connectivity index (χ1) is 9.89. The van der Waals surface area contributed by atoms with E-state index in [2.05, 4.69) is 10.6 Å². The number of urea groups is 1. The number of nitro benzene ring substituents is 1. The number of nitrogens with zero attached hydrogens (tertiary/aromatic N) is 1. The summed E-state index contributed by atoms with van der Waals surface area (Å²) in [7, 11) is 0. The largest absolute Gasteiger partial charge is 0.373 e. The molecule has 2 rings (SSSR count). The molecule has 0 radical (unpaired) electrons. The van der Waals surface area contributed by atoms with E-state index in [0.29, 0.717) is 17.8 Å². The standard InChI is InChI=1S/C14H19N3O4/c1-10-8-11(17(19)20)4-5-12(10)16-13(18)15-9-14(2)6-3-7-21-14/h4-5,8H,3,6-7,9H2,1-2H3,(H2,15,16,18)/t14-/m0/s1. The number of aryl methyl sites for hydroxylation is 1. The summed E-state index contributed by atoms with van der Waals surface area (Å²) in [5, 5.41) is 16.1. The molecule has 1 atom stereocenters. The number of non-ortho nitro benzene ring substituents is 1. The lowest BCUT2D eigenvalue weighted by atomic mass is 10.0. The zero-order chi connectivity index (χ0) is 15.5. The first-order valence-electron chi connectivity index (χ1n) is 6.83. The first-order valence-corrected chi connectivity index (χ1v) is 6.83. The van der Waals surface area contributed by atoms with Gasteiger partial charge in [-0.3, -0.25) is 10.1 Å². The maximum Gasteiger partial charge on any atom is 0.319 e. The Bertz CT molecular complexity index is 553. The van der Waals surface area contributed by atoms with Crippen LogP contribution in [-0.2, 0) is 4.74 Å². The highest BCUT2D eigenvalue weighted by molar-refractivity contribution is 5.90. The third-order valence-corrected chi connectivity index (χ3v) is 3.59. The quantitative estimate of drug-likeness (QED) is 0.659. The fraction of sp³-hybridized carbons (Fsp3) is 0.500. The highest BCUT2D eigenvalue weighted by atomic mass is 16.6. The molecule has 0 aliphatic carbocycles. The van der Waals surface area contributed by atoms with Crippen molar-refractivity contribution >= 4 is 17.4 Å². The SMILES string of the molecule is Cc1cc([N+](=O)[O-])ccc1NC(=O)NC[C@]1(C)CCCO1. The van der Waals surface area contributed by atoms with Gasteiger partial charge in [0.05, 0.1) is 10.5 Å². The molecule has 1 fully saturated rings. The Morgan fingerprint density at radius 2 is 2.29 bits per heavy atom. The molecule has 1 aliphatic rings. The zero-order valence-corrected chi connectivity index (χ0v) is 12.1. The van der Waals surface area contributed by atoms with Crippen molar-refractivity contribution in [1.82, 2.24) is 5.32 Å². The number of carbonyl (C=O) groups is 1. The fourth-order valence-electron chi connectivity index (χ4n) is 2.31. The van der Waals surface area contributed by atoms with Gasteiger partial charge in [0.2, 0.25) is 0 Å². The molecule has 7 nitrogen and oxygen atoms in total. The van der Waals surface area contributed by atoms with Crippen LogP contribution in [0, 0.1) is 17.0 Å². The second-order valence-electron chi connectivity index (χ2n) is 5.47. The molecule has 114 valence electrons. The van der Waals surface area contributed by atoms with E-state index in [9.17, 15) is 14.9 Å². The van der Waals surface area contributed by atoms with Gasteiger partial charge in [0.1, 0.15) is 0 Å². The van der Waals surface area contributed by atoms with Crippen molar-refractivity contribution in [3.63, 3.8) is 0 Å².